The Morgan fingerprint density at radius 1 is 1.21 bits per heavy atom. The summed E-state index contributed by atoms with van der Waals surface area (Å²) in [6, 6.07) is 9.24. The lowest BCUT2D eigenvalue weighted by Crippen LogP contribution is -2.46. The molecule has 0 bridgehead atoms. The summed E-state index contributed by atoms with van der Waals surface area (Å²) in [5, 5.41) is 9.30. The van der Waals surface area contributed by atoms with Crippen LogP contribution in [0.1, 0.15) is 20.8 Å². The molecule has 3 N–H and O–H groups in total. The van der Waals surface area contributed by atoms with E-state index in [2.05, 4.69) is 29.8 Å². The van der Waals surface area contributed by atoms with Gasteiger partial charge in [0.15, 0.2) is 5.11 Å². The van der Waals surface area contributed by atoms with Crippen LogP contribution in [0.15, 0.2) is 30.3 Å². The van der Waals surface area contributed by atoms with Crippen LogP contribution < -0.4 is 16.0 Å². The molecular formula is C14H21N3OS. The van der Waals surface area contributed by atoms with Gasteiger partial charge in [0.05, 0.1) is 0 Å². The fourth-order valence-corrected chi connectivity index (χ4v) is 1.70. The number of para-hydroxylation sites is 1. The SMILES string of the molecule is CC(C)CNC(=O)C(C)NC(=S)Nc1ccccc1. The summed E-state index contributed by atoms with van der Waals surface area (Å²) in [4.78, 5) is 11.8. The van der Waals surface area contributed by atoms with Crippen LogP contribution in [-0.2, 0) is 4.79 Å². The van der Waals surface area contributed by atoms with Gasteiger partial charge in [0.1, 0.15) is 6.04 Å². The molecule has 1 amide bonds. The fraction of sp³-hybridized carbons (Fsp3) is 0.429. The molecule has 0 aliphatic rings. The third kappa shape index (κ3) is 6.20. The fourth-order valence-electron chi connectivity index (χ4n) is 1.41. The van der Waals surface area contributed by atoms with Crippen molar-refractivity contribution in [2.75, 3.05) is 11.9 Å². The number of anilines is 1. The van der Waals surface area contributed by atoms with Crippen molar-refractivity contribution in [3.05, 3.63) is 30.3 Å². The monoisotopic (exact) mass is 279 g/mol. The van der Waals surface area contributed by atoms with Crippen molar-refractivity contribution < 1.29 is 4.79 Å². The molecule has 0 heterocycles. The molecule has 1 unspecified atom stereocenters. The van der Waals surface area contributed by atoms with E-state index in [1.54, 1.807) is 6.92 Å². The van der Waals surface area contributed by atoms with Gasteiger partial charge >= 0.3 is 0 Å². The summed E-state index contributed by atoms with van der Waals surface area (Å²) in [6.45, 7) is 6.57. The van der Waals surface area contributed by atoms with Gasteiger partial charge in [-0.2, -0.15) is 0 Å². The Hall–Kier alpha value is -1.62. The van der Waals surface area contributed by atoms with E-state index in [4.69, 9.17) is 12.2 Å². The molecule has 0 aliphatic heterocycles. The summed E-state index contributed by atoms with van der Waals surface area (Å²) in [7, 11) is 0. The van der Waals surface area contributed by atoms with Crippen molar-refractivity contribution in [1.82, 2.24) is 10.6 Å². The quantitative estimate of drug-likeness (QED) is 0.723. The van der Waals surface area contributed by atoms with Crippen molar-refractivity contribution in [3.63, 3.8) is 0 Å². The summed E-state index contributed by atoms with van der Waals surface area (Å²) in [5.41, 5.74) is 0.898. The Bertz CT molecular complexity index is 420. The van der Waals surface area contributed by atoms with E-state index in [0.717, 1.165) is 5.69 Å². The summed E-state index contributed by atoms with van der Waals surface area (Å²) < 4.78 is 0. The Kier molecular flexibility index (Phi) is 6.29. The summed E-state index contributed by atoms with van der Waals surface area (Å²) in [6.07, 6.45) is 0. The van der Waals surface area contributed by atoms with Gasteiger partial charge in [-0.15, -0.1) is 0 Å². The van der Waals surface area contributed by atoms with Crippen LogP contribution in [0.25, 0.3) is 0 Å². The molecular weight excluding hydrogens is 258 g/mol. The number of amides is 1. The molecule has 19 heavy (non-hydrogen) atoms. The number of benzene rings is 1. The zero-order valence-electron chi connectivity index (χ0n) is 11.6. The van der Waals surface area contributed by atoms with Crippen molar-refractivity contribution in [1.29, 1.82) is 0 Å². The lowest BCUT2D eigenvalue weighted by molar-refractivity contribution is -0.122. The molecule has 0 saturated carbocycles. The van der Waals surface area contributed by atoms with E-state index in [1.165, 1.54) is 0 Å². The van der Waals surface area contributed by atoms with Crippen LogP contribution in [0.4, 0.5) is 5.69 Å². The lowest BCUT2D eigenvalue weighted by atomic mass is 10.2. The average molecular weight is 279 g/mol. The average Bonchev–Trinajstić information content (AvgIpc) is 2.36. The molecule has 4 nitrogen and oxygen atoms in total. The highest BCUT2D eigenvalue weighted by Gasteiger charge is 2.13. The van der Waals surface area contributed by atoms with E-state index in [9.17, 15) is 4.79 Å². The van der Waals surface area contributed by atoms with Gasteiger partial charge in [0, 0.05) is 12.2 Å². The first-order valence-corrected chi connectivity index (χ1v) is 6.80. The van der Waals surface area contributed by atoms with Crippen molar-refractivity contribution in [3.8, 4) is 0 Å². The van der Waals surface area contributed by atoms with Gasteiger partial charge in [-0.25, -0.2) is 0 Å². The number of rotatable bonds is 5. The Labute approximate surface area is 120 Å². The van der Waals surface area contributed by atoms with E-state index in [-0.39, 0.29) is 11.9 Å². The van der Waals surface area contributed by atoms with Crippen LogP contribution >= 0.6 is 12.2 Å². The standard InChI is InChI=1S/C14H21N3OS/c1-10(2)9-15-13(18)11(3)16-14(19)17-12-7-5-4-6-8-12/h4-8,10-11H,9H2,1-3H3,(H,15,18)(H2,16,17,19). The molecule has 0 fully saturated rings. The second-order valence-corrected chi connectivity index (χ2v) is 5.23. The smallest absolute Gasteiger partial charge is 0.242 e. The highest BCUT2D eigenvalue weighted by molar-refractivity contribution is 7.80. The van der Waals surface area contributed by atoms with E-state index >= 15 is 0 Å². The molecule has 1 rings (SSSR count). The van der Waals surface area contributed by atoms with E-state index in [1.807, 2.05) is 30.3 Å². The maximum atomic E-state index is 11.8. The van der Waals surface area contributed by atoms with Gasteiger partial charge in [0.2, 0.25) is 5.91 Å². The number of hydrogen-bond acceptors (Lipinski definition) is 2. The predicted octanol–water partition coefficient (Wildman–Crippen LogP) is 2.13. The lowest BCUT2D eigenvalue weighted by Gasteiger charge is -2.17. The van der Waals surface area contributed by atoms with Gasteiger partial charge < -0.3 is 16.0 Å². The second-order valence-electron chi connectivity index (χ2n) is 4.83. The van der Waals surface area contributed by atoms with Crippen molar-refractivity contribution >= 4 is 28.9 Å². The molecule has 0 aromatic heterocycles. The third-order valence-corrected chi connectivity index (χ3v) is 2.68. The molecule has 0 spiro atoms. The van der Waals surface area contributed by atoms with E-state index in [0.29, 0.717) is 17.6 Å². The molecule has 1 aromatic carbocycles. The summed E-state index contributed by atoms with van der Waals surface area (Å²) in [5.74, 6) is 0.386. The number of hydrogen-bond donors (Lipinski definition) is 3. The number of thiocarbonyl (C=S) groups is 1. The highest BCUT2D eigenvalue weighted by Crippen LogP contribution is 2.04. The van der Waals surface area contributed by atoms with Crippen LogP contribution in [0.2, 0.25) is 0 Å². The zero-order valence-corrected chi connectivity index (χ0v) is 12.4. The Morgan fingerprint density at radius 3 is 2.42 bits per heavy atom. The third-order valence-electron chi connectivity index (χ3n) is 2.46. The van der Waals surface area contributed by atoms with Crippen LogP contribution in [-0.4, -0.2) is 23.6 Å². The number of nitrogens with one attached hydrogen (secondary N) is 3. The maximum Gasteiger partial charge on any atom is 0.242 e. The first-order valence-electron chi connectivity index (χ1n) is 6.39. The second kappa shape index (κ2) is 7.74. The minimum absolute atomic E-state index is 0.0501. The molecule has 1 atom stereocenters. The minimum Gasteiger partial charge on any atom is -0.354 e. The van der Waals surface area contributed by atoms with Gasteiger partial charge in [-0.1, -0.05) is 32.0 Å². The number of carbonyl (C=O) groups excluding carboxylic acids is 1. The minimum atomic E-state index is -0.359. The van der Waals surface area contributed by atoms with Crippen LogP contribution in [0, 0.1) is 5.92 Å². The summed E-state index contributed by atoms with van der Waals surface area (Å²) >= 11 is 5.17. The first kappa shape index (κ1) is 15.4. The Balaban J connectivity index is 2.37. The molecule has 5 heteroatoms. The molecule has 0 saturated heterocycles. The maximum absolute atomic E-state index is 11.8. The van der Waals surface area contributed by atoms with E-state index < -0.39 is 0 Å². The van der Waals surface area contributed by atoms with Gasteiger partial charge in [0.25, 0.3) is 0 Å². The topological polar surface area (TPSA) is 53.2 Å². The highest BCUT2D eigenvalue weighted by atomic mass is 32.1. The molecule has 104 valence electrons. The number of carbonyl (C=O) groups is 1. The molecule has 0 radical (unpaired) electrons. The first-order chi connectivity index (χ1) is 8.99. The normalized spacial score (nSPS) is 11.8. The van der Waals surface area contributed by atoms with Gasteiger partial charge in [-0.05, 0) is 37.2 Å². The largest absolute Gasteiger partial charge is 0.354 e. The molecule has 0 aliphatic carbocycles. The molecule has 1 aromatic rings. The van der Waals surface area contributed by atoms with Gasteiger partial charge in [-0.3, -0.25) is 4.79 Å². The van der Waals surface area contributed by atoms with Crippen LogP contribution in [0.3, 0.4) is 0 Å². The van der Waals surface area contributed by atoms with Crippen molar-refractivity contribution in [2.45, 2.75) is 26.8 Å². The zero-order chi connectivity index (χ0) is 14.3. The Morgan fingerprint density at radius 2 is 1.84 bits per heavy atom. The van der Waals surface area contributed by atoms with Crippen molar-refractivity contribution in [2.24, 2.45) is 5.92 Å². The van der Waals surface area contributed by atoms with Crippen LogP contribution in [0.5, 0.6) is 0 Å². The predicted molar refractivity (Wildman–Crippen MR) is 83.1 cm³/mol.